The zero-order chi connectivity index (χ0) is 16.4. The standard InChI is InChI=1S/C15H21FN6O/c1-4-23-15-7-12(11(16)8-17-15)21-9-13(20(2)3)14(10-21)22-6-5-18-19-22/h5-8,13-14H,4,9-10H2,1-3H3/t13-,14+/m1/s1. The highest BCUT2D eigenvalue weighted by Crippen LogP contribution is 2.32. The molecule has 7 nitrogen and oxygen atoms in total. The van der Waals surface area contributed by atoms with Crippen LogP contribution < -0.4 is 9.64 Å². The molecule has 8 heteroatoms. The summed E-state index contributed by atoms with van der Waals surface area (Å²) in [7, 11) is 4.04. The first-order valence-electron chi connectivity index (χ1n) is 7.65. The van der Waals surface area contributed by atoms with E-state index in [-0.39, 0.29) is 17.9 Å². The van der Waals surface area contributed by atoms with Crippen LogP contribution in [0.25, 0.3) is 0 Å². The fourth-order valence-electron chi connectivity index (χ4n) is 3.01. The first kappa shape index (κ1) is 15.7. The SMILES string of the molecule is CCOc1cc(N2C[C@@H](N(C)C)[C@@H](n3ccnn3)C2)c(F)cn1. The van der Waals surface area contributed by atoms with Crippen molar-refractivity contribution in [1.82, 2.24) is 24.9 Å². The molecule has 0 aromatic carbocycles. The van der Waals surface area contributed by atoms with Crippen LogP contribution in [-0.2, 0) is 0 Å². The molecule has 23 heavy (non-hydrogen) atoms. The van der Waals surface area contributed by atoms with Gasteiger partial charge in [0.1, 0.15) is 0 Å². The number of anilines is 1. The third kappa shape index (κ3) is 3.12. The molecule has 124 valence electrons. The van der Waals surface area contributed by atoms with Crippen LogP contribution in [0.15, 0.2) is 24.7 Å². The van der Waals surface area contributed by atoms with Gasteiger partial charge in [-0.2, -0.15) is 0 Å². The predicted molar refractivity (Wildman–Crippen MR) is 84.1 cm³/mol. The lowest BCUT2D eigenvalue weighted by Gasteiger charge is -2.24. The summed E-state index contributed by atoms with van der Waals surface area (Å²) in [5, 5.41) is 8.00. The van der Waals surface area contributed by atoms with Gasteiger partial charge in [0.25, 0.3) is 0 Å². The van der Waals surface area contributed by atoms with E-state index in [0.717, 1.165) is 0 Å². The van der Waals surface area contributed by atoms with Gasteiger partial charge < -0.3 is 14.5 Å². The Hall–Kier alpha value is -2.22. The van der Waals surface area contributed by atoms with E-state index < -0.39 is 0 Å². The molecule has 3 rings (SSSR count). The van der Waals surface area contributed by atoms with Gasteiger partial charge in [-0.15, -0.1) is 5.10 Å². The van der Waals surface area contributed by atoms with Gasteiger partial charge >= 0.3 is 0 Å². The highest BCUT2D eigenvalue weighted by molar-refractivity contribution is 5.51. The molecular weight excluding hydrogens is 299 g/mol. The Morgan fingerprint density at radius 1 is 1.39 bits per heavy atom. The number of pyridine rings is 1. The lowest BCUT2D eigenvalue weighted by Crippen LogP contribution is -2.36. The second-order valence-electron chi connectivity index (χ2n) is 5.79. The summed E-state index contributed by atoms with van der Waals surface area (Å²) < 4.78 is 21.5. The summed E-state index contributed by atoms with van der Waals surface area (Å²) in [6, 6.07) is 1.98. The van der Waals surface area contributed by atoms with E-state index in [1.54, 1.807) is 12.3 Å². The molecule has 0 unspecified atom stereocenters. The summed E-state index contributed by atoms with van der Waals surface area (Å²) in [6.45, 7) is 3.73. The Balaban J connectivity index is 1.88. The minimum atomic E-state index is -0.342. The highest BCUT2D eigenvalue weighted by Gasteiger charge is 2.37. The Kier molecular flexibility index (Phi) is 4.42. The molecule has 1 fully saturated rings. The molecule has 3 heterocycles. The molecule has 0 bridgehead atoms. The summed E-state index contributed by atoms with van der Waals surface area (Å²) in [5.41, 5.74) is 0.512. The van der Waals surface area contributed by atoms with Gasteiger partial charge in [0, 0.05) is 25.4 Å². The Labute approximate surface area is 134 Å². The number of nitrogens with zero attached hydrogens (tertiary/aromatic N) is 6. The van der Waals surface area contributed by atoms with E-state index in [1.807, 2.05) is 36.8 Å². The van der Waals surface area contributed by atoms with Crippen LogP contribution in [0.4, 0.5) is 10.1 Å². The van der Waals surface area contributed by atoms with Crippen LogP contribution in [0, 0.1) is 5.82 Å². The van der Waals surface area contributed by atoms with Gasteiger partial charge in [-0.3, -0.25) is 0 Å². The monoisotopic (exact) mass is 320 g/mol. The van der Waals surface area contributed by atoms with Crippen LogP contribution in [0.5, 0.6) is 5.88 Å². The molecule has 1 aliphatic rings. The van der Waals surface area contributed by atoms with Crippen LogP contribution in [0.2, 0.25) is 0 Å². The van der Waals surface area contributed by atoms with Gasteiger partial charge in [0.2, 0.25) is 5.88 Å². The van der Waals surface area contributed by atoms with Crippen molar-refractivity contribution in [2.24, 2.45) is 0 Å². The number of aromatic nitrogens is 4. The van der Waals surface area contributed by atoms with Crippen molar-refractivity contribution >= 4 is 5.69 Å². The molecular formula is C15H21FN6O. The molecule has 0 N–H and O–H groups in total. The topological polar surface area (TPSA) is 59.3 Å². The van der Waals surface area contributed by atoms with E-state index >= 15 is 0 Å². The number of halogens is 1. The molecule has 1 saturated heterocycles. The Morgan fingerprint density at radius 3 is 2.87 bits per heavy atom. The number of hydrogen-bond donors (Lipinski definition) is 0. The van der Waals surface area contributed by atoms with Crippen molar-refractivity contribution in [2.75, 3.05) is 38.7 Å². The van der Waals surface area contributed by atoms with Crippen LogP contribution in [-0.4, -0.2) is 64.7 Å². The van der Waals surface area contributed by atoms with Crippen molar-refractivity contribution in [3.05, 3.63) is 30.5 Å². The second-order valence-corrected chi connectivity index (χ2v) is 5.79. The normalized spacial score (nSPS) is 21.2. The molecule has 2 aromatic heterocycles. The fourth-order valence-corrected chi connectivity index (χ4v) is 3.01. The smallest absolute Gasteiger partial charge is 0.215 e. The van der Waals surface area contributed by atoms with E-state index in [9.17, 15) is 4.39 Å². The van der Waals surface area contributed by atoms with E-state index in [2.05, 4.69) is 20.2 Å². The lowest BCUT2D eigenvalue weighted by atomic mass is 10.1. The average molecular weight is 320 g/mol. The van der Waals surface area contributed by atoms with E-state index in [4.69, 9.17) is 4.74 Å². The number of rotatable bonds is 5. The third-order valence-electron chi connectivity index (χ3n) is 4.15. The zero-order valence-electron chi connectivity index (χ0n) is 13.6. The maximum atomic E-state index is 14.3. The number of likely N-dealkylation sites (N-methyl/N-ethyl adjacent to an activating group) is 1. The van der Waals surface area contributed by atoms with Crippen LogP contribution >= 0.6 is 0 Å². The molecule has 0 spiro atoms. The van der Waals surface area contributed by atoms with Crippen molar-refractivity contribution < 1.29 is 9.13 Å². The summed E-state index contributed by atoms with van der Waals surface area (Å²) >= 11 is 0. The molecule has 2 aromatic rings. The lowest BCUT2D eigenvalue weighted by molar-refractivity contribution is 0.243. The molecule has 0 aliphatic carbocycles. The zero-order valence-corrected chi connectivity index (χ0v) is 13.6. The van der Waals surface area contributed by atoms with Crippen molar-refractivity contribution in [1.29, 1.82) is 0 Å². The van der Waals surface area contributed by atoms with Crippen molar-refractivity contribution in [2.45, 2.75) is 19.0 Å². The first-order chi connectivity index (χ1) is 11.1. The molecule has 0 saturated carbocycles. The Morgan fingerprint density at radius 2 is 2.22 bits per heavy atom. The molecule has 1 aliphatic heterocycles. The largest absolute Gasteiger partial charge is 0.478 e. The maximum absolute atomic E-state index is 14.3. The number of hydrogen-bond acceptors (Lipinski definition) is 6. The van der Waals surface area contributed by atoms with Crippen molar-refractivity contribution in [3.63, 3.8) is 0 Å². The average Bonchev–Trinajstić information content (AvgIpc) is 3.17. The summed E-state index contributed by atoms with van der Waals surface area (Å²) in [6.07, 6.45) is 4.72. The number of ether oxygens (including phenoxy) is 1. The minimum absolute atomic E-state index is 0.107. The van der Waals surface area contributed by atoms with Crippen LogP contribution in [0.3, 0.4) is 0 Å². The summed E-state index contributed by atoms with van der Waals surface area (Å²) in [4.78, 5) is 8.11. The Bertz CT molecular complexity index is 647. The molecule has 0 radical (unpaired) electrons. The molecule has 0 amide bonds. The first-order valence-corrected chi connectivity index (χ1v) is 7.65. The van der Waals surface area contributed by atoms with Gasteiger partial charge in [0.05, 0.1) is 36.8 Å². The van der Waals surface area contributed by atoms with Gasteiger partial charge in [-0.05, 0) is 21.0 Å². The molecule has 2 atom stereocenters. The maximum Gasteiger partial charge on any atom is 0.215 e. The van der Waals surface area contributed by atoms with E-state index in [1.165, 1.54) is 6.20 Å². The second kappa shape index (κ2) is 6.49. The third-order valence-corrected chi connectivity index (χ3v) is 4.15. The highest BCUT2D eigenvalue weighted by atomic mass is 19.1. The van der Waals surface area contributed by atoms with Gasteiger partial charge in [-0.25, -0.2) is 14.1 Å². The van der Waals surface area contributed by atoms with Crippen LogP contribution in [0.1, 0.15) is 13.0 Å². The quantitative estimate of drug-likeness (QED) is 0.825. The van der Waals surface area contributed by atoms with E-state index in [0.29, 0.717) is 31.3 Å². The fraction of sp³-hybridized carbons (Fsp3) is 0.533. The van der Waals surface area contributed by atoms with Gasteiger partial charge in [0.15, 0.2) is 5.82 Å². The van der Waals surface area contributed by atoms with Crippen molar-refractivity contribution in [3.8, 4) is 5.88 Å². The van der Waals surface area contributed by atoms with Gasteiger partial charge in [-0.1, -0.05) is 5.21 Å². The minimum Gasteiger partial charge on any atom is -0.478 e. The predicted octanol–water partition coefficient (Wildman–Crippen LogP) is 1.20. The summed E-state index contributed by atoms with van der Waals surface area (Å²) in [5.74, 6) is 0.0970.